The van der Waals surface area contributed by atoms with E-state index in [9.17, 15) is 4.79 Å². The Hall–Kier alpha value is -1.46. The molecule has 2 saturated heterocycles. The summed E-state index contributed by atoms with van der Waals surface area (Å²) in [5.74, 6) is 0.908. The van der Waals surface area contributed by atoms with Crippen LogP contribution in [-0.2, 0) is 11.2 Å². The zero-order valence-corrected chi connectivity index (χ0v) is 15.0. The van der Waals surface area contributed by atoms with Crippen LogP contribution in [0.5, 0.6) is 0 Å². The highest BCUT2D eigenvalue weighted by Crippen LogP contribution is 2.23. The van der Waals surface area contributed by atoms with Crippen molar-refractivity contribution in [3.8, 4) is 0 Å². The molecule has 0 aromatic carbocycles. The molecule has 1 aromatic heterocycles. The molecular formula is C19H30N4O. The van der Waals surface area contributed by atoms with Crippen LogP contribution < -0.4 is 0 Å². The van der Waals surface area contributed by atoms with Crippen LogP contribution in [0, 0.1) is 5.92 Å². The molecule has 132 valence electrons. The van der Waals surface area contributed by atoms with Crippen LogP contribution in [0.3, 0.4) is 0 Å². The molecule has 1 amide bonds. The minimum absolute atomic E-state index is 0.216. The summed E-state index contributed by atoms with van der Waals surface area (Å²) < 4.78 is 0. The molecule has 0 aliphatic carbocycles. The van der Waals surface area contributed by atoms with Gasteiger partial charge in [-0.2, -0.15) is 0 Å². The van der Waals surface area contributed by atoms with Gasteiger partial charge in [0.25, 0.3) is 0 Å². The van der Waals surface area contributed by atoms with Crippen molar-refractivity contribution < 1.29 is 4.79 Å². The summed E-state index contributed by atoms with van der Waals surface area (Å²) in [6, 6.07) is 6.78. The predicted molar refractivity (Wildman–Crippen MR) is 95.8 cm³/mol. The molecular weight excluding hydrogens is 300 g/mol. The average molecular weight is 330 g/mol. The molecule has 0 unspecified atom stereocenters. The molecule has 0 spiro atoms. The molecule has 0 radical (unpaired) electrons. The third-order valence-corrected chi connectivity index (χ3v) is 5.50. The molecule has 5 nitrogen and oxygen atoms in total. The Kier molecular flexibility index (Phi) is 5.85. The van der Waals surface area contributed by atoms with Crippen molar-refractivity contribution in [3.05, 3.63) is 30.1 Å². The molecule has 24 heavy (non-hydrogen) atoms. The largest absolute Gasteiger partial charge is 0.342 e. The van der Waals surface area contributed by atoms with E-state index in [0.717, 1.165) is 52.1 Å². The van der Waals surface area contributed by atoms with E-state index >= 15 is 0 Å². The number of aromatic nitrogens is 1. The molecule has 0 saturated carbocycles. The van der Waals surface area contributed by atoms with Gasteiger partial charge < -0.3 is 9.80 Å². The van der Waals surface area contributed by atoms with Crippen molar-refractivity contribution in [2.45, 2.75) is 32.7 Å². The van der Waals surface area contributed by atoms with E-state index in [4.69, 9.17) is 0 Å². The Morgan fingerprint density at radius 1 is 1.21 bits per heavy atom. The number of carbonyl (C=O) groups is 1. The first-order valence-electron chi connectivity index (χ1n) is 9.25. The topological polar surface area (TPSA) is 39.7 Å². The maximum absolute atomic E-state index is 11.6. The van der Waals surface area contributed by atoms with Crippen LogP contribution in [0.2, 0.25) is 0 Å². The number of hydrogen-bond donors (Lipinski definition) is 0. The standard InChI is InChI=1S/C19H30N4O/c1-16-14-21(11-7-18-6-3-4-8-20-18)15-19(16)23-10-5-9-22(12-13-23)17(2)24/h3-4,6,8,16,19H,5,7,9-15H2,1-2H3/t16-,19-/m1/s1. The molecule has 2 fully saturated rings. The van der Waals surface area contributed by atoms with Gasteiger partial charge in [-0.15, -0.1) is 0 Å². The Balaban J connectivity index is 1.51. The number of rotatable bonds is 4. The number of carbonyl (C=O) groups excluding carboxylic acids is 1. The fourth-order valence-electron chi connectivity index (χ4n) is 4.11. The number of amides is 1. The lowest BCUT2D eigenvalue weighted by Crippen LogP contribution is -2.43. The van der Waals surface area contributed by atoms with E-state index in [1.54, 1.807) is 6.92 Å². The average Bonchev–Trinajstić information content (AvgIpc) is 2.80. The number of pyridine rings is 1. The van der Waals surface area contributed by atoms with E-state index in [2.05, 4.69) is 33.8 Å². The van der Waals surface area contributed by atoms with Crippen molar-refractivity contribution in [2.24, 2.45) is 5.92 Å². The number of nitrogens with zero attached hydrogens (tertiary/aromatic N) is 4. The molecule has 2 aliphatic rings. The maximum atomic E-state index is 11.6. The zero-order valence-electron chi connectivity index (χ0n) is 15.0. The van der Waals surface area contributed by atoms with Gasteiger partial charge in [-0.1, -0.05) is 13.0 Å². The third-order valence-electron chi connectivity index (χ3n) is 5.50. The molecule has 3 heterocycles. The van der Waals surface area contributed by atoms with Gasteiger partial charge in [0.15, 0.2) is 0 Å². The number of likely N-dealkylation sites (tertiary alicyclic amines) is 1. The minimum Gasteiger partial charge on any atom is -0.342 e. The Morgan fingerprint density at radius 3 is 2.83 bits per heavy atom. The van der Waals surface area contributed by atoms with Gasteiger partial charge in [0.1, 0.15) is 0 Å². The van der Waals surface area contributed by atoms with Crippen molar-refractivity contribution in [1.29, 1.82) is 0 Å². The highest BCUT2D eigenvalue weighted by Gasteiger charge is 2.34. The Labute approximate surface area is 145 Å². The fraction of sp³-hybridized carbons (Fsp3) is 0.684. The predicted octanol–water partition coefficient (Wildman–Crippen LogP) is 1.50. The van der Waals surface area contributed by atoms with Crippen molar-refractivity contribution in [3.63, 3.8) is 0 Å². The van der Waals surface area contributed by atoms with E-state index in [0.29, 0.717) is 12.0 Å². The molecule has 0 bridgehead atoms. The lowest BCUT2D eigenvalue weighted by molar-refractivity contribution is -0.128. The summed E-state index contributed by atoms with van der Waals surface area (Å²) in [6.45, 7) is 11.4. The van der Waals surface area contributed by atoms with Crippen LogP contribution in [-0.4, -0.2) is 77.4 Å². The van der Waals surface area contributed by atoms with Gasteiger partial charge >= 0.3 is 0 Å². The van der Waals surface area contributed by atoms with Gasteiger partial charge in [0.05, 0.1) is 0 Å². The van der Waals surface area contributed by atoms with Crippen LogP contribution >= 0.6 is 0 Å². The summed E-state index contributed by atoms with van der Waals surface area (Å²) in [4.78, 5) is 23.2. The summed E-state index contributed by atoms with van der Waals surface area (Å²) in [5, 5.41) is 0. The highest BCUT2D eigenvalue weighted by atomic mass is 16.2. The number of hydrogen-bond acceptors (Lipinski definition) is 4. The van der Waals surface area contributed by atoms with E-state index in [1.165, 1.54) is 12.2 Å². The lowest BCUT2D eigenvalue weighted by Gasteiger charge is -2.30. The van der Waals surface area contributed by atoms with Gasteiger partial charge in [0.2, 0.25) is 5.91 Å². The molecule has 0 N–H and O–H groups in total. The van der Waals surface area contributed by atoms with E-state index in [1.807, 2.05) is 17.2 Å². The van der Waals surface area contributed by atoms with Crippen molar-refractivity contribution in [1.82, 2.24) is 19.7 Å². The molecule has 3 rings (SSSR count). The van der Waals surface area contributed by atoms with E-state index < -0.39 is 0 Å². The molecule has 5 heteroatoms. The molecule has 2 aliphatic heterocycles. The molecule has 2 atom stereocenters. The van der Waals surface area contributed by atoms with Gasteiger partial charge in [-0.05, 0) is 24.5 Å². The van der Waals surface area contributed by atoms with Crippen LogP contribution in [0.15, 0.2) is 24.4 Å². The van der Waals surface area contributed by atoms with Crippen LogP contribution in [0.1, 0.15) is 26.0 Å². The summed E-state index contributed by atoms with van der Waals surface area (Å²) in [6.07, 6.45) is 4.00. The second-order valence-corrected chi connectivity index (χ2v) is 7.27. The maximum Gasteiger partial charge on any atom is 0.219 e. The first-order valence-corrected chi connectivity index (χ1v) is 9.25. The smallest absolute Gasteiger partial charge is 0.219 e. The first kappa shape index (κ1) is 17.4. The second kappa shape index (κ2) is 8.08. The SMILES string of the molecule is CC(=O)N1CCCN([C@@H]2CN(CCc3ccccn3)C[C@H]2C)CC1. The van der Waals surface area contributed by atoms with Gasteiger partial charge in [-0.3, -0.25) is 14.7 Å². The van der Waals surface area contributed by atoms with E-state index in [-0.39, 0.29) is 5.91 Å². The van der Waals surface area contributed by atoms with Gasteiger partial charge in [-0.25, -0.2) is 0 Å². The highest BCUT2D eigenvalue weighted by molar-refractivity contribution is 5.73. The lowest BCUT2D eigenvalue weighted by atomic mass is 10.0. The summed E-state index contributed by atoms with van der Waals surface area (Å²) in [5.41, 5.74) is 1.18. The van der Waals surface area contributed by atoms with Gasteiger partial charge in [0, 0.05) is 77.1 Å². The summed E-state index contributed by atoms with van der Waals surface area (Å²) in [7, 11) is 0. The third kappa shape index (κ3) is 4.33. The Morgan fingerprint density at radius 2 is 2.08 bits per heavy atom. The fourth-order valence-corrected chi connectivity index (χ4v) is 4.11. The van der Waals surface area contributed by atoms with Crippen LogP contribution in [0.4, 0.5) is 0 Å². The second-order valence-electron chi connectivity index (χ2n) is 7.27. The molecule has 1 aromatic rings. The summed E-state index contributed by atoms with van der Waals surface area (Å²) >= 11 is 0. The van der Waals surface area contributed by atoms with Crippen molar-refractivity contribution >= 4 is 5.91 Å². The zero-order chi connectivity index (χ0) is 16.9. The minimum atomic E-state index is 0.216. The van der Waals surface area contributed by atoms with Crippen molar-refractivity contribution in [2.75, 3.05) is 45.8 Å². The monoisotopic (exact) mass is 330 g/mol. The normalized spacial score (nSPS) is 26.5. The quantitative estimate of drug-likeness (QED) is 0.839. The van der Waals surface area contributed by atoms with Crippen LogP contribution in [0.25, 0.3) is 0 Å². The Bertz CT molecular complexity index is 535. The first-order chi connectivity index (χ1) is 11.6.